The molecule has 12 nitrogen and oxygen atoms in total. The molecule has 1 saturated heterocycles. The minimum absolute atomic E-state index is 0.0800. The maximum atomic E-state index is 13.9. The number of piperidine rings is 1. The second-order valence-electron chi connectivity index (χ2n) is 15.1. The normalized spacial score (nSPS) is 16.4. The molecule has 12 heteroatoms. The Bertz CT molecular complexity index is 1670. The molecule has 260 valence electrons. The molecule has 1 N–H and O–H groups in total. The Balaban J connectivity index is 1.77. The number of fused-ring (bicyclic) bond motifs is 1. The van der Waals surface area contributed by atoms with Crippen LogP contribution in [0.15, 0.2) is 49.2 Å². The van der Waals surface area contributed by atoms with Gasteiger partial charge in [-0.05, 0) is 97.9 Å². The molecule has 3 aromatic rings. The van der Waals surface area contributed by atoms with Gasteiger partial charge in [0.1, 0.15) is 23.1 Å². The van der Waals surface area contributed by atoms with E-state index < -0.39 is 28.9 Å². The summed E-state index contributed by atoms with van der Waals surface area (Å²) in [5.74, 6) is 0.408. The summed E-state index contributed by atoms with van der Waals surface area (Å²) in [5, 5.41) is 7.40. The van der Waals surface area contributed by atoms with Gasteiger partial charge in [0.2, 0.25) is 11.8 Å². The zero-order chi connectivity index (χ0) is 35.6. The topological polar surface area (TPSA) is 128 Å². The summed E-state index contributed by atoms with van der Waals surface area (Å²) in [6, 6.07) is 8.87. The fourth-order valence-corrected chi connectivity index (χ4v) is 5.38. The van der Waals surface area contributed by atoms with E-state index in [1.165, 1.54) is 11.0 Å². The van der Waals surface area contributed by atoms with Gasteiger partial charge >= 0.3 is 12.2 Å². The molecule has 0 bridgehead atoms. The highest BCUT2D eigenvalue weighted by molar-refractivity contribution is 5.99. The van der Waals surface area contributed by atoms with Crippen LogP contribution in [0.25, 0.3) is 5.65 Å². The first-order chi connectivity index (χ1) is 22.3. The van der Waals surface area contributed by atoms with Crippen molar-refractivity contribution in [1.29, 1.82) is 0 Å². The number of nitrogens with zero attached hydrogens (tertiary/aromatic N) is 5. The Kier molecular flexibility index (Phi) is 10.5. The summed E-state index contributed by atoms with van der Waals surface area (Å²) in [6.45, 7) is 23.0. The molecule has 1 atom stereocenters. The van der Waals surface area contributed by atoms with Gasteiger partial charge in [-0.25, -0.2) is 9.59 Å². The highest BCUT2D eigenvalue weighted by atomic mass is 16.6. The fourth-order valence-electron chi connectivity index (χ4n) is 5.38. The van der Waals surface area contributed by atoms with Gasteiger partial charge in [0.15, 0.2) is 5.65 Å². The van der Waals surface area contributed by atoms with Crippen molar-refractivity contribution in [3.8, 4) is 5.88 Å². The highest BCUT2D eigenvalue weighted by Crippen LogP contribution is 2.34. The third kappa shape index (κ3) is 9.05. The maximum Gasteiger partial charge on any atom is 0.416 e. The number of carbonyl (C=O) groups excluding carboxylic acids is 3. The number of ether oxygens (including phenoxy) is 3. The van der Waals surface area contributed by atoms with Gasteiger partial charge in [-0.2, -0.15) is 14.6 Å². The van der Waals surface area contributed by atoms with Crippen LogP contribution >= 0.6 is 0 Å². The number of hydrogen-bond acceptors (Lipinski definition) is 8. The molecule has 4 rings (SSSR count). The molecule has 0 saturated carbocycles. The molecule has 3 heterocycles. The van der Waals surface area contributed by atoms with Crippen molar-refractivity contribution in [3.63, 3.8) is 0 Å². The minimum Gasteiger partial charge on any atom is -0.472 e. The number of anilines is 2. The van der Waals surface area contributed by atoms with Crippen LogP contribution in [0.5, 0.6) is 5.88 Å². The predicted octanol–water partition coefficient (Wildman–Crippen LogP) is 7.48. The lowest BCUT2D eigenvalue weighted by molar-refractivity contribution is -0.111. The zero-order valence-corrected chi connectivity index (χ0v) is 29.9. The molecule has 3 amide bonds. The number of likely N-dealkylation sites (tertiary alicyclic amines) is 1. The van der Waals surface area contributed by atoms with Crippen molar-refractivity contribution in [1.82, 2.24) is 19.5 Å². The summed E-state index contributed by atoms with van der Waals surface area (Å²) in [7, 11) is 0. The minimum atomic E-state index is -0.784. The van der Waals surface area contributed by atoms with E-state index in [4.69, 9.17) is 19.2 Å². The molecule has 1 fully saturated rings. The van der Waals surface area contributed by atoms with E-state index in [0.717, 1.165) is 11.1 Å². The molecular formula is C36H50N6O6. The first-order valence-electron chi connectivity index (χ1n) is 16.3. The third-order valence-corrected chi connectivity index (χ3v) is 7.79. The Labute approximate surface area is 283 Å². The number of amides is 3. The lowest BCUT2D eigenvalue weighted by Crippen LogP contribution is -2.56. The Morgan fingerprint density at radius 1 is 1.10 bits per heavy atom. The van der Waals surface area contributed by atoms with Crippen LogP contribution in [0, 0.1) is 0 Å². The van der Waals surface area contributed by atoms with Gasteiger partial charge < -0.3 is 19.5 Å². The highest BCUT2D eigenvalue weighted by Gasteiger charge is 2.40. The van der Waals surface area contributed by atoms with Crippen LogP contribution in [0.2, 0.25) is 0 Å². The van der Waals surface area contributed by atoms with Crippen LogP contribution in [-0.4, -0.2) is 67.0 Å². The third-order valence-electron chi connectivity index (χ3n) is 7.79. The van der Waals surface area contributed by atoms with E-state index in [-0.39, 0.29) is 30.4 Å². The summed E-state index contributed by atoms with van der Waals surface area (Å²) in [5.41, 5.74) is 0.857. The lowest BCUT2D eigenvalue weighted by atomic mass is 9.89. The second kappa shape index (κ2) is 13.9. The van der Waals surface area contributed by atoms with Crippen LogP contribution in [0.3, 0.4) is 0 Å². The van der Waals surface area contributed by atoms with E-state index in [2.05, 4.69) is 17.0 Å². The smallest absolute Gasteiger partial charge is 0.416 e. The Hall–Kier alpha value is -4.61. The average Bonchev–Trinajstić information content (AvgIpc) is 3.39. The number of benzene rings is 1. The number of rotatable bonds is 8. The number of nitrogens with one attached hydrogen (secondary N) is 1. The predicted molar refractivity (Wildman–Crippen MR) is 185 cm³/mol. The van der Waals surface area contributed by atoms with Gasteiger partial charge in [-0.1, -0.05) is 32.6 Å². The Morgan fingerprint density at radius 3 is 2.42 bits per heavy atom. The van der Waals surface area contributed by atoms with E-state index in [1.807, 2.05) is 54.5 Å². The second-order valence-corrected chi connectivity index (χ2v) is 15.1. The quantitative estimate of drug-likeness (QED) is 0.246. The molecule has 1 aromatic carbocycles. The molecule has 1 aliphatic rings. The van der Waals surface area contributed by atoms with Crippen LogP contribution in [0.4, 0.5) is 21.1 Å². The summed E-state index contributed by atoms with van der Waals surface area (Å²) in [6.07, 6.45) is 2.94. The summed E-state index contributed by atoms with van der Waals surface area (Å²) < 4.78 is 19.8. The van der Waals surface area contributed by atoms with Crippen molar-refractivity contribution in [2.45, 2.75) is 117 Å². The molecule has 0 spiro atoms. The number of aromatic nitrogens is 3. The Morgan fingerprint density at radius 2 is 1.79 bits per heavy atom. The molecule has 48 heavy (non-hydrogen) atoms. The first kappa shape index (κ1) is 36.2. The zero-order valence-electron chi connectivity index (χ0n) is 29.9. The monoisotopic (exact) mass is 662 g/mol. The van der Waals surface area contributed by atoms with Gasteiger partial charge in [-0.15, -0.1) is 0 Å². The SMILES string of the molecule is C=CC(=O)Nc1cccc(CN(C(=O)OC(C)(C)C)c2cc(OC3CCC(C)(C)N(C(=O)OC(C)(C)C)C3)nc3c(C(C)C)cnn23)c1. The van der Waals surface area contributed by atoms with Gasteiger partial charge in [-0.3, -0.25) is 14.6 Å². The van der Waals surface area contributed by atoms with Gasteiger partial charge in [0.05, 0.1) is 19.3 Å². The maximum absolute atomic E-state index is 13.9. The average molecular weight is 663 g/mol. The van der Waals surface area contributed by atoms with Crippen molar-refractivity contribution in [3.05, 3.63) is 60.3 Å². The van der Waals surface area contributed by atoms with E-state index in [9.17, 15) is 14.4 Å². The number of carbonyl (C=O) groups is 3. The first-order valence-corrected chi connectivity index (χ1v) is 16.3. The van der Waals surface area contributed by atoms with Gasteiger partial charge in [0, 0.05) is 22.9 Å². The van der Waals surface area contributed by atoms with E-state index in [0.29, 0.717) is 36.5 Å². The van der Waals surface area contributed by atoms with Crippen molar-refractivity contribution >= 4 is 35.2 Å². The molecule has 0 aliphatic carbocycles. The van der Waals surface area contributed by atoms with E-state index in [1.54, 1.807) is 60.6 Å². The number of hydrogen-bond donors (Lipinski definition) is 1. The summed E-state index contributed by atoms with van der Waals surface area (Å²) >= 11 is 0. The standard InChI is InChI=1S/C36H50N6O6/c1-12-28(43)38-25-15-13-14-24(18-25)21-40(32(44)47-34(4,5)6)30-19-29(39-31-27(23(2)3)20-37-42(30)31)46-26-16-17-36(10,11)41(22-26)33(45)48-35(7,8)9/h12-15,18-20,23,26H,1,16-17,21-22H2,2-11H3,(H,38,43). The van der Waals surface area contributed by atoms with Crippen LogP contribution in [0.1, 0.15) is 99.1 Å². The molecular weight excluding hydrogens is 612 g/mol. The largest absolute Gasteiger partial charge is 0.472 e. The molecule has 1 aliphatic heterocycles. The summed E-state index contributed by atoms with van der Waals surface area (Å²) in [4.78, 5) is 47.2. The van der Waals surface area contributed by atoms with Crippen LogP contribution in [-0.2, 0) is 20.8 Å². The fraction of sp³-hybridized carbons (Fsp3) is 0.528. The van der Waals surface area contributed by atoms with Crippen molar-refractivity contribution < 1.29 is 28.6 Å². The molecule has 1 unspecified atom stereocenters. The van der Waals surface area contributed by atoms with Gasteiger partial charge in [0.25, 0.3) is 0 Å². The van der Waals surface area contributed by atoms with Crippen molar-refractivity contribution in [2.75, 3.05) is 16.8 Å². The molecule has 2 aromatic heterocycles. The van der Waals surface area contributed by atoms with Crippen LogP contribution < -0.4 is 15.0 Å². The van der Waals surface area contributed by atoms with E-state index >= 15 is 0 Å². The van der Waals surface area contributed by atoms with Crippen molar-refractivity contribution in [2.24, 2.45) is 0 Å². The lowest BCUT2D eigenvalue weighted by Gasteiger charge is -2.45. The molecule has 0 radical (unpaired) electrons.